The SMILES string of the molecule is Cn1cnc(S(=O)(=O)NCC2CCCS2(=O)=O)c1Cl. The van der Waals surface area contributed by atoms with Gasteiger partial charge in [0.15, 0.2) is 9.84 Å². The Labute approximate surface area is 116 Å². The van der Waals surface area contributed by atoms with E-state index in [1.54, 1.807) is 7.05 Å². The number of sulfone groups is 1. The lowest BCUT2D eigenvalue weighted by molar-refractivity contribution is 0.568. The van der Waals surface area contributed by atoms with Crippen molar-refractivity contribution in [2.75, 3.05) is 12.3 Å². The molecule has 1 aromatic heterocycles. The van der Waals surface area contributed by atoms with Crippen molar-refractivity contribution in [3.63, 3.8) is 0 Å². The van der Waals surface area contributed by atoms with Crippen LogP contribution in [0.4, 0.5) is 0 Å². The Bertz CT molecular complexity index is 680. The number of nitrogens with one attached hydrogen (secondary N) is 1. The third-order valence-corrected chi connectivity index (χ3v) is 7.24. The maximum atomic E-state index is 12.0. The topological polar surface area (TPSA) is 98.1 Å². The molecule has 0 bridgehead atoms. The lowest BCUT2D eigenvalue weighted by atomic mass is 10.2. The molecule has 0 aromatic carbocycles. The average Bonchev–Trinajstić information content (AvgIpc) is 2.81. The predicted octanol–water partition coefficient (Wildman–Crippen LogP) is -0.0710. The van der Waals surface area contributed by atoms with Gasteiger partial charge >= 0.3 is 0 Å². The third kappa shape index (κ3) is 2.93. The largest absolute Gasteiger partial charge is 0.324 e. The smallest absolute Gasteiger partial charge is 0.261 e. The fourth-order valence-electron chi connectivity index (χ4n) is 1.93. The Hall–Kier alpha value is -0.640. The highest BCUT2D eigenvalue weighted by molar-refractivity contribution is 7.92. The number of rotatable bonds is 4. The zero-order chi connectivity index (χ0) is 14.3. The van der Waals surface area contributed by atoms with Gasteiger partial charge in [-0.2, -0.15) is 0 Å². The summed E-state index contributed by atoms with van der Waals surface area (Å²) in [6.45, 7) is -0.141. The van der Waals surface area contributed by atoms with Gasteiger partial charge in [0.2, 0.25) is 5.03 Å². The molecule has 2 heterocycles. The van der Waals surface area contributed by atoms with Crippen molar-refractivity contribution in [3.05, 3.63) is 11.5 Å². The quantitative estimate of drug-likeness (QED) is 0.834. The average molecular weight is 328 g/mol. The number of aromatic nitrogens is 2. The summed E-state index contributed by atoms with van der Waals surface area (Å²) < 4.78 is 50.8. The highest BCUT2D eigenvalue weighted by atomic mass is 35.5. The van der Waals surface area contributed by atoms with Gasteiger partial charge in [-0.3, -0.25) is 0 Å². The standard InChI is InChI=1S/C9H14ClN3O4S2/c1-13-6-11-9(8(13)10)19(16,17)12-5-7-3-2-4-18(7,14)15/h6-7,12H,2-5H2,1H3. The minimum Gasteiger partial charge on any atom is -0.324 e. The van der Waals surface area contributed by atoms with Gasteiger partial charge in [-0.15, -0.1) is 0 Å². The molecule has 1 N–H and O–H groups in total. The van der Waals surface area contributed by atoms with Crippen molar-refractivity contribution in [2.24, 2.45) is 7.05 Å². The lowest BCUT2D eigenvalue weighted by Gasteiger charge is -2.10. The lowest BCUT2D eigenvalue weighted by Crippen LogP contribution is -2.34. The van der Waals surface area contributed by atoms with Crippen LogP contribution in [0.5, 0.6) is 0 Å². The summed E-state index contributed by atoms with van der Waals surface area (Å²) in [5, 5.41) is -0.960. The van der Waals surface area contributed by atoms with E-state index in [-0.39, 0.29) is 22.5 Å². The Kier molecular flexibility index (Phi) is 3.92. The molecule has 1 atom stereocenters. The van der Waals surface area contributed by atoms with Gasteiger partial charge in [-0.05, 0) is 12.8 Å². The Morgan fingerprint density at radius 2 is 2.26 bits per heavy atom. The molecule has 0 saturated carbocycles. The van der Waals surface area contributed by atoms with Crippen LogP contribution in [0.25, 0.3) is 0 Å². The molecule has 2 rings (SSSR count). The summed E-state index contributed by atoms with van der Waals surface area (Å²) >= 11 is 5.81. The van der Waals surface area contributed by atoms with Crippen LogP contribution < -0.4 is 4.72 Å². The molecule has 1 aliphatic heterocycles. The van der Waals surface area contributed by atoms with Gasteiger partial charge < -0.3 is 4.57 Å². The van der Waals surface area contributed by atoms with Gasteiger partial charge in [0, 0.05) is 13.6 Å². The van der Waals surface area contributed by atoms with Crippen LogP contribution in [0.3, 0.4) is 0 Å². The molecule has 0 spiro atoms. The summed E-state index contributed by atoms with van der Waals surface area (Å²) in [7, 11) is -5.50. The van der Waals surface area contributed by atoms with E-state index in [4.69, 9.17) is 11.6 Å². The van der Waals surface area contributed by atoms with Gasteiger partial charge in [0.25, 0.3) is 10.0 Å². The van der Waals surface area contributed by atoms with Gasteiger partial charge in [0.1, 0.15) is 5.15 Å². The van der Waals surface area contributed by atoms with Crippen LogP contribution in [0.1, 0.15) is 12.8 Å². The van der Waals surface area contributed by atoms with Gasteiger partial charge in [-0.1, -0.05) is 11.6 Å². The van der Waals surface area contributed by atoms with Crippen LogP contribution in [0, 0.1) is 0 Å². The van der Waals surface area contributed by atoms with E-state index in [0.29, 0.717) is 12.8 Å². The first-order chi connectivity index (χ1) is 8.74. The van der Waals surface area contributed by atoms with E-state index in [0.717, 1.165) is 0 Å². The normalized spacial score (nSPS) is 22.7. The van der Waals surface area contributed by atoms with Crippen molar-refractivity contribution >= 4 is 31.5 Å². The first-order valence-corrected chi connectivity index (χ1v) is 9.20. The summed E-state index contributed by atoms with van der Waals surface area (Å²) in [4.78, 5) is 3.70. The minimum atomic E-state index is -3.89. The molecule has 108 valence electrons. The molecule has 7 nitrogen and oxygen atoms in total. The van der Waals surface area contributed by atoms with E-state index >= 15 is 0 Å². The number of hydrogen-bond acceptors (Lipinski definition) is 5. The number of halogens is 1. The maximum Gasteiger partial charge on any atom is 0.261 e. The predicted molar refractivity (Wildman–Crippen MR) is 70.2 cm³/mol. The zero-order valence-electron chi connectivity index (χ0n) is 10.2. The van der Waals surface area contributed by atoms with E-state index < -0.39 is 25.1 Å². The fraction of sp³-hybridized carbons (Fsp3) is 0.667. The molecular formula is C9H14ClN3O4S2. The second kappa shape index (κ2) is 5.04. The van der Waals surface area contributed by atoms with Crippen LogP contribution >= 0.6 is 11.6 Å². The first kappa shape index (κ1) is 14.8. The highest BCUT2D eigenvalue weighted by Crippen LogP contribution is 2.21. The van der Waals surface area contributed by atoms with E-state index in [2.05, 4.69) is 9.71 Å². The van der Waals surface area contributed by atoms with Crippen molar-refractivity contribution in [1.82, 2.24) is 14.3 Å². The van der Waals surface area contributed by atoms with Crippen molar-refractivity contribution in [2.45, 2.75) is 23.1 Å². The molecule has 1 unspecified atom stereocenters. The number of sulfonamides is 1. The van der Waals surface area contributed by atoms with Crippen molar-refractivity contribution < 1.29 is 16.8 Å². The summed E-state index contributed by atoms with van der Waals surface area (Å²) in [6, 6.07) is 0. The summed E-state index contributed by atoms with van der Waals surface area (Å²) in [6.07, 6.45) is 2.32. The highest BCUT2D eigenvalue weighted by Gasteiger charge is 2.33. The number of imidazole rings is 1. The van der Waals surface area contributed by atoms with Gasteiger partial charge in [0.05, 0.1) is 17.3 Å². The van der Waals surface area contributed by atoms with Gasteiger partial charge in [-0.25, -0.2) is 26.5 Å². The summed E-state index contributed by atoms with van der Waals surface area (Å²) in [5.74, 6) is 0.115. The van der Waals surface area contributed by atoms with Crippen LogP contribution in [-0.4, -0.2) is 43.9 Å². The number of hydrogen-bond donors (Lipinski definition) is 1. The van der Waals surface area contributed by atoms with Crippen LogP contribution in [0.2, 0.25) is 5.15 Å². The van der Waals surface area contributed by atoms with Crippen molar-refractivity contribution in [3.8, 4) is 0 Å². The molecule has 1 saturated heterocycles. The molecule has 0 aliphatic carbocycles. The maximum absolute atomic E-state index is 12.0. The van der Waals surface area contributed by atoms with Crippen LogP contribution in [-0.2, 0) is 26.9 Å². The number of nitrogens with zero attached hydrogens (tertiary/aromatic N) is 2. The van der Waals surface area contributed by atoms with E-state index in [1.165, 1.54) is 10.9 Å². The second-order valence-corrected chi connectivity index (χ2v) is 8.88. The Morgan fingerprint density at radius 1 is 1.58 bits per heavy atom. The first-order valence-electron chi connectivity index (χ1n) is 5.62. The zero-order valence-corrected chi connectivity index (χ0v) is 12.6. The third-order valence-electron chi connectivity index (χ3n) is 3.05. The molecular weight excluding hydrogens is 314 g/mol. The monoisotopic (exact) mass is 327 g/mol. The van der Waals surface area contributed by atoms with E-state index in [9.17, 15) is 16.8 Å². The molecule has 10 heteroatoms. The Morgan fingerprint density at radius 3 is 2.74 bits per heavy atom. The molecule has 0 radical (unpaired) electrons. The summed E-state index contributed by atoms with van der Waals surface area (Å²) in [5.41, 5.74) is 0. The minimum absolute atomic E-state index is 0.0122. The number of aryl methyl sites for hydroxylation is 1. The molecule has 1 aromatic rings. The fourth-order valence-corrected chi connectivity index (χ4v) is 5.31. The molecule has 1 aliphatic rings. The molecule has 1 fully saturated rings. The van der Waals surface area contributed by atoms with E-state index in [1.807, 2.05) is 0 Å². The van der Waals surface area contributed by atoms with Crippen molar-refractivity contribution in [1.29, 1.82) is 0 Å². The molecule has 19 heavy (non-hydrogen) atoms. The second-order valence-electron chi connectivity index (χ2n) is 4.43. The Balaban J connectivity index is 2.13. The van der Waals surface area contributed by atoms with Crippen LogP contribution in [0.15, 0.2) is 11.4 Å². The molecule has 0 amide bonds.